The highest BCUT2D eigenvalue weighted by atomic mass is 16.5. The minimum absolute atomic E-state index is 0.303. The van der Waals surface area contributed by atoms with Crippen LogP contribution in [0.2, 0.25) is 0 Å². The van der Waals surface area contributed by atoms with Crippen LogP contribution >= 0.6 is 0 Å². The molecule has 0 atom stereocenters. The molecule has 1 aromatic carbocycles. The van der Waals surface area contributed by atoms with E-state index in [0.717, 1.165) is 0 Å². The number of methoxy groups -OCH3 is 1. The smallest absolute Gasteiger partial charge is 0.252 e. The van der Waals surface area contributed by atoms with Crippen LogP contribution in [0, 0.1) is 0 Å². The van der Waals surface area contributed by atoms with Crippen molar-refractivity contribution in [1.29, 1.82) is 0 Å². The van der Waals surface area contributed by atoms with Gasteiger partial charge in [0, 0.05) is 20.2 Å². The van der Waals surface area contributed by atoms with Crippen molar-refractivity contribution in [2.45, 2.75) is 39.1 Å². The molecule has 0 spiro atoms. The van der Waals surface area contributed by atoms with Crippen molar-refractivity contribution < 1.29 is 14.4 Å². The Kier molecular flexibility index (Phi) is 5.65. The highest BCUT2D eigenvalue weighted by Crippen LogP contribution is 2.13. The minimum atomic E-state index is -0.798. The van der Waals surface area contributed by atoms with Crippen LogP contribution < -0.4 is 0 Å². The van der Waals surface area contributed by atoms with Crippen molar-refractivity contribution in [3.63, 3.8) is 0 Å². The van der Waals surface area contributed by atoms with Gasteiger partial charge in [-0.3, -0.25) is 4.90 Å². The Bertz CT molecular complexity index is 564. The molecule has 22 heavy (non-hydrogen) atoms. The largest absolute Gasteiger partial charge is 0.389 e. The molecule has 2 aromatic rings. The van der Waals surface area contributed by atoms with Crippen LogP contribution in [-0.2, 0) is 24.4 Å². The summed E-state index contributed by atoms with van der Waals surface area (Å²) < 4.78 is 10.1. The lowest BCUT2D eigenvalue weighted by Crippen LogP contribution is -2.38. The molecule has 1 N–H and O–H groups in total. The average molecular weight is 305 g/mol. The number of ether oxygens (including phenoxy) is 1. The van der Waals surface area contributed by atoms with Gasteiger partial charge in [-0.05, 0) is 19.4 Å². The van der Waals surface area contributed by atoms with E-state index in [-0.39, 0.29) is 0 Å². The Labute approximate surface area is 130 Å². The first-order chi connectivity index (χ1) is 10.5. The molecule has 1 aromatic heterocycles. The van der Waals surface area contributed by atoms with Crippen LogP contribution in [0.5, 0.6) is 0 Å². The lowest BCUT2D eigenvalue weighted by atomic mass is 10.1. The normalized spacial score (nSPS) is 12.0. The minimum Gasteiger partial charge on any atom is -0.389 e. The fourth-order valence-corrected chi connectivity index (χ4v) is 2.29. The van der Waals surface area contributed by atoms with Crippen LogP contribution in [-0.4, -0.2) is 39.4 Å². The zero-order chi connectivity index (χ0) is 16.0. The van der Waals surface area contributed by atoms with E-state index in [1.165, 1.54) is 5.56 Å². The molecule has 6 nitrogen and oxygen atoms in total. The van der Waals surface area contributed by atoms with Gasteiger partial charge in [0.25, 0.3) is 5.89 Å². The van der Waals surface area contributed by atoms with Gasteiger partial charge in [0.2, 0.25) is 0 Å². The maximum atomic E-state index is 10.1. The first-order valence-corrected chi connectivity index (χ1v) is 7.25. The van der Waals surface area contributed by atoms with E-state index in [2.05, 4.69) is 27.2 Å². The van der Waals surface area contributed by atoms with E-state index in [1.54, 1.807) is 21.0 Å². The maximum absolute atomic E-state index is 10.1. The van der Waals surface area contributed by atoms with Gasteiger partial charge >= 0.3 is 0 Å². The molecule has 0 amide bonds. The van der Waals surface area contributed by atoms with Gasteiger partial charge in [0.05, 0.1) is 12.1 Å². The molecule has 1 heterocycles. The molecule has 0 unspecified atom stereocenters. The van der Waals surface area contributed by atoms with Gasteiger partial charge in [-0.2, -0.15) is 4.98 Å². The van der Waals surface area contributed by atoms with E-state index in [4.69, 9.17) is 9.26 Å². The van der Waals surface area contributed by atoms with Gasteiger partial charge in [0.15, 0.2) is 5.82 Å². The SMILES string of the molecule is COCc1nc(CN(Cc2ccccc2)CC(C)(C)O)no1. The van der Waals surface area contributed by atoms with Crippen LogP contribution in [0.15, 0.2) is 34.9 Å². The molecule has 0 saturated heterocycles. The third-order valence-corrected chi connectivity index (χ3v) is 3.00. The number of aliphatic hydroxyl groups is 1. The van der Waals surface area contributed by atoms with Crippen molar-refractivity contribution in [3.05, 3.63) is 47.6 Å². The summed E-state index contributed by atoms with van der Waals surface area (Å²) in [6.45, 7) is 5.60. The zero-order valence-corrected chi connectivity index (χ0v) is 13.3. The Morgan fingerprint density at radius 1 is 1.23 bits per heavy atom. The summed E-state index contributed by atoms with van der Waals surface area (Å²) in [7, 11) is 1.58. The van der Waals surface area contributed by atoms with E-state index >= 15 is 0 Å². The summed E-state index contributed by atoms with van der Waals surface area (Å²) in [5, 5.41) is 14.1. The summed E-state index contributed by atoms with van der Waals surface area (Å²) in [5.74, 6) is 1.05. The number of nitrogens with zero attached hydrogens (tertiary/aromatic N) is 3. The zero-order valence-electron chi connectivity index (χ0n) is 13.3. The van der Waals surface area contributed by atoms with E-state index in [9.17, 15) is 5.11 Å². The quantitative estimate of drug-likeness (QED) is 0.804. The van der Waals surface area contributed by atoms with Crippen LogP contribution in [0.1, 0.15) is 31.1 Å². The maximum Gasteiger partial charge on any atom is 0.252 e. The van der Waals surface area contributed by atoms with Gasteiger partial charge in [-0.15, -0.1) is 0 Å². The van der Waals surface area contributed by atoms with Crippen LogP contribution in [0.3, 0.4) is 0 Å². The Morgan fingerprint density at radius 2 is 1.95 bits per heavy atom. The monoisotopic (exact) mass is 305 g/mol. The summed E-state index contributed by atoms with van der Waals surface area (Å²) in [5.41, 5.74) is 0.376. The molecule has 0 radical (unpaired) electrons. The van der Waals surface area contributed by atoms with E-state index in [0.29, 0.717) is 38.0 Å². The highest BCUT2D eigenvalue weighted by Gasteiger charge is 2.20. The molecule has 0 fully saturated rings. The molecule has 0 bridgehead atoms. The van der Waals surface area contributed by atoms with Gasteiger partial charge in [-0.1, -0.05) is 35.5 Å². The molecule has 0 saturated carbocycles. The van der Waals surface area contributed by atoms with E-state index in [1.807, 2.05) is 18.2 Å². The van der Waals surface area contributed by atoms with Crippen LogP contribution in [0.25, 0.3) is 0 Å². The number of aromatic nitrogens is 2. The molecule has 0 aliphatic rings. The second-order valence-corrected chi connectivity index (χ2v) is 5.98. The lowest BCUT2D eigenvalue weighted by Gasteiger charge is -2.28. The standard InChI is InChI=1S/C16H23N3O3/c1-16(2,20)12-19(9-13-7-5-4-6-8-13)10-14-17-15(11-21-3)22-18-14/h4-8,20H,9-12H2,1-3H3. The first-order valence-electron chi connectivity index (χ1n) is 7.25. The molecule has 0 aliphatic carbocycles. The highest BCUT2D eigenvalue weighted by molar-refractivity contribution is 5.14. The average Bonchev–Trinajstić information content (AvgIpc) is 2.86. The van der Waals surface area contributed by atoms with Crippen LogP contribution in [0.4, 0.5) is 0 Å². The lowest BCUT2D eigenvalue weighted by molar-refractivity contribution is 0.0296. The van der Waals surface area contributed by atoms with Crippen molar-refractivity contribution in [2.75, 3.05) is 13.7 Å². The summed E-state index contributed by atoms with van der Waals surface area (Å²) in [6, 6.07) is 10.1. The number of hydrogen-bond donors (Lipinski definition) is 1. The summed E-state index contributed by atoms with van der Waals surface area (Å²) in [6.07, 6.45) is 0. The topological polar surface area (TPSA) is 71.6 Å². The molecule has 6 heteroatoms. The van der Waals surface area contributed by atoms with Gasteiger partial charge < -0.3 is 14.4 Å². The molecular weight excluding hydrogens is 282 g/mol. The predicted molar refractivity (Wildman–Crippen MR) is 81.9 cm³/mol. The second-order valence-electron chi connectivity index (χ2n) is 5.98. The Morgan fingerprint density at radius 3 is 2.59 bits per heavy atom. The summed E-state index contributed by atoms with van der Waals surface area (Å²) in [4.78, 5) is 6.38. The molecular formula is C16H23N3O3. The van der Waals surface area contributed by atoms with Gasteiger partial charge in [-0.25, -0.2) is 0 Å². The van der Waals surface area contributed by atoms with Crippen molar-refractivity contribution in [1.82, 2.24) is 15.0 Å². The third-order valence-electron chi connectivity index (χ3n) is 3.00. The first kappa shape index (κ1) is 16.6. The molecule has 2 rings (SSSR count). The van der Waals surface area contributed by atoms with E-state index < -0.39 is 5.60 Å². The summed E-state index contributed by atoms with van der Waals surface area (Å²) >= 11 is 0. The molecule has 0 aliphatic heterocycles. The Balaban J connectivity index is 2.06. The fraction of sp³-hybridized carbons (Fsp3) is 0.500. The van der Waals surface area contributed by atoms with Crippen molar-refractivity contribution in [3.8, 4) is 0 Å². The number of hydrogen-bond acceptors (Lipinski definition) is 6. The Hall–Kier alpha value is -1.76. The molecule has 120 valence electrons. The predicted octanol–water partition coefficient (Wildman–Crippen LogP) is 1.99. The van der Waals surface area contributed by atoms with Gasteiger partial charge in [0.1, 0.15) is 6.61 Å². The number of benzene rings is 1. The number of rotatable bonds is 8. The van der Waals surface area contributed by atoms with Crippen molar-refractivity contribution in [2.24, 2.45) is 0 Å². The second kappa shape index (κ2) is 7.49. The third kappa shape index (κ3) is 5.55. The van der Waals surface area contributed by atoms with Crippen molar-refractivity contribution >= 4 is 0 Å². The fourth-order valence-electron chi connectivity index (χ4n) is 2.29.